The van der Waals surface area contributed by atoms with Crippen molar-refractivity contribution >= 4 is 17.3 Å². The molecule has 5 N–H and O–H groups in total. The van der Waals surface area contributed by atoms with Crippen molar-refractivity contribution in [3.05, 3.63) is 47.9 Å². The minimum atomic E-state index is -0.217. The maximum absolute atomic E-state index is 11.8. The topological polar surface area (TPSA) is 94.3 Å². The maximum atomic E-state index is 11.8. The molecule has 1 aromatic carbocycles. The second-order valence-corrected chi connectivity index (χ2v) is 3.70. The number of nitrogen functional groups attached to an aromatic ring is 2. The van der Waals surface area contributed by atoms with Crippen LogP contribution in [-0.4, -0.2) is 5.91 Å². The number of carbonyl (C=O) groups is 1. The number of nitrogens with one attached hydrogen (secondary N) is 1. The van der Waals surface area contributed by atoms with Gasteiger partial charge in [0, 0.05) is 29.0 Å². The molecule has 2 rings (SSSR count). The normalized spacial score (nSPS) is 10.1. The molecule has 5 nitrogen and oxygen atoms in total. The molecule has 5 heteroatoms. The zero-order chi connectivity index (χ0) is 12.3. The molecule has 1 aromatic heterocycles. The number of furan rings is 1. The van der Waals surface area contributed by atoms with Gasteiger partial charge in [-0.3, -0.25) is 4.79 Å². The first-order chi connectivity index (χ1) is 8.15. The summed E-state index contributed by atoms with van der Waals surface area (Å²) in [5.41, 5.74) is 13.5. The molecule has 0 aliphatic carbocycles. The summed E-state index contributed by atoms with van der Waals surface area (Å²) >= 11 is 0. The van der Waals surface area contributed by atoms with Crippen LogP contribution in [0.3, 0.4) is 0 Å². The van der Waals surface area contributed by atoms with Gasteiger partial charge in [-0.05, 0) is 24.3 Å². The third-order valence-electron chi connectivity index (χ3n) is 2.27. The first-order valence-electron chi connectivity index (χ1n) is 5.10. The lowest BCUT2D eigenvalue weighted by Crippen LogP contribution is -2.22. The number of hydrogen-bond acceptors (Lipinski definition) is 4. The van der Waals surface area contributed by atoms with E-state index in [1.807, 2.05) is 0 Å². The van der Waals surface area contributed by atoms with E-state index in [4.69, 9.17) is 15.9 Å². The van der Waals surface area contributed by atoms with E-state index in [-0.39, 0.29) is 5.91 Å². The van der Waals surface area contributed by atoms with Crippen molar-refractivity contribution in [2.75, 3.05) is 11.5 Å². The van der Waals surface area contributed by atoms with E-state index in [2.05, 4.69) is 5.32 Å². The van der Waals surface area contributed by atoms with E-state index in [1.165, 1.54) is 0 Å². The van der Waals surface area contributed by atoms with Gasteiger partial charge in [-0.25, -0.2) is 0 Å². The minimum Gasteiger partial charge on any atom is -0.472 e. The van der Waals surface area contributed by atoms with Crippen molar-refractivity contribution in [3.8, 4) is 0 Å². The third kappa shape index (κ3) is 2.78. The number of hydrogen-bond donors (Lipinski definition) is 3. The fourth-order valence-electron chi connectivity index (χ4n) is 1.49. The van der Waals surface area contributed by atoms with Crippen molar-refractivity contribution in [2.24, 2.45) is 0 Å². The van der Waals surface area contributed by atoms with Crippen LogP contribution in [0.1, 0.15) is 15.9 Å². The molecule has 1 amide bonds. The van der Waals surface area contributed by atoms with Gasteiger partial charge in [0.2, 0.25) is 0 Å². The second kappa shape index (κ2) is 4.61. The van der Waals surface area contributed by atoms with Crippen molar-refractivity contribution in [1.82, 2.24) is 5.32 Å². The molecule has 0 fully saturated rings. The Morgan fingerprint density at radius 3 is 2.53 bits per heavy atom. The molecule has 0 radical (unpaired) electrons. The van der Waals surface area contributed by atoms with Gasteiger partial charge in [0.1, 0.15) is 0 Å². The Labute approximate surface area is 98.4 Å². The molecule has 1 heterocycles. The zero-order valence-electron chi connectivity index (χ0n) is 9.14. The van der Waals surface area contributed by atoms with Crippen LogP contribution in [0, 0.1) is 0 Å². The van der Waals surface area contributed by atoms with Crippen LogP contribution in [0.4, 0.5) is 11.4 Å². The summed E-state index contributed by atoms with van der Waals surface area (Å²) in [4.78, 5) is 11.8. The summed E-state index contributed by atoms with van der Waals surface area (Å²) < 4.78 is 4.90. The quantitative estimate of drug-likeness (QED) is 0.695. The summed E-state index contributed by atoms with van der Waals surface area (Å²) in [5, 5.41) is 2.75. The number of rotatable bonds is 3. The smallest absolute Gasteiger partial charge is 0.251 e. The molecular formula is C12H13N3O2. The molecule has 0 saturated carbocycles. The molecule has 17 heavy (non-hydrogen) atoms. The lowest BCUT2D eigenvalue weighted by atomic mass is 10.1. The van der Waals surface area contributed by atoms with Crippen molar-refractivity contribution in [1.29, 1.82) is 0 Å². The second-order valence-electron chi connectivity index (χ2n) is 3.70. The Hall–Kier alpha value is -2.43. The summed E-state index contributed by atoms with van der Waals surface area (Å²) in [6.07, 6.45) is 3.13. The van der Waals surface area contributed by atoms with Gasteiger partial charge in [0.05, 0.1) is 12.5 Å². The van der Waals surface area contributed by atoms with Crippen LogP contribution in [0.5, 0.6) is 0 Å². The van der Waals surface area contributed by atoms with Gasteiger partial charge < -0.3 is 21.2 Å². The van der Waals surface area contributed by atoms with E-state index in [0.717, 1.165) is 5.56 Å². The Morgan fingerprint density at radius 2 is 1.94 bits per heavy atom. The number of nitrogens with two attached hydrogens (primary N) is 2. The number of benzene rings is 1. The molecule has 88 valence electrons. The molecule has 0 aliphatic rings. The average Bonchev–Trinajstić information content (AvgIpc) is 2.77. The molecule has 0 spiro atoms. The first-order valence-corrected chi connectivity index (χ1v) is 5.10. The van der Waals surface area contributed by atoms with Gasteiger partial charge in [0.25, 0.3) is 5.91 Å². The number of carbonyl (C=O) groups excluding carboxylic acids is 1. The van der Waals surface area contributed by atoms with Crippen LogP contribution in [-0.2, 0) is 6.54 Å². The van der Waals surface area contributed by atoms with Crippen LogP contribution < -0.4 is 16.8 Å². The largest absolute Gasteiger partial charge is 0.472 e. The molecule has 0 aliphatic heterocycles. The fourth-order valence-corrected chi connectivity index (χ4v) is 1.49. The Bertz CT molecular complexity index is 500. The predicted octanol–water partition coefficient (Wildman–Crippen LogP) is 1.37. The molecule has 0 unspecified atom stereocenters. The lowest BCUT2D eigenvalue weighted by molar-refractivity contribution is 0.0951. The summed E-state index contributed by atoms with van der Waals surface area (Å²) in [6.45, 7) is 0.407. The Morgan fingerprint density at radius 1 is 1.24 bits per heavy atom. The Balaban J connectivity index is 2.04. The predicted molar refractivity (Wildman–Crippen MR) is 65.1 cm³/mol. The molecule has 0 atom stereocenters. The standard InChI is InChI=1S/C12H13N3O2/c13-10-3-9(4-11(14)5-10)12(16)15-6-8-1-2-17-7-8/h1-5,7H,6,13-14H2,(H,15,16). The molecule has 2 aromatic rings. The number of anilines is 2. The highest BCUT2D eigenvalue weighted by Crippen LogP contribution is 2.13. The molecule has 0 saturated heterocycles. The van der Waals surface area contributed by atoms with Gasteiger partial charge >= 0.3 is 0 Å². The van der Waals surface area contributed by atoms with E-state index in [1.54, 1.807) is 36.8 Å². The van der Waals surface area contributed by atoms with Crippen molar-refractivity contribution in [3.63, 3.8) is 0 Å². The highest BCUT2D eigenvalue weighted by atomic mass is 16.3. The van der Waals surface area contributed by atoms with Crippen LogP contribution in [0.15, 0.2) is 41.2 Å². The van der Waals surface area contributed by atoms with Crippen LogP contribution >= 0.6 is 0 Å². The summed E-state index contributed by atoms with van der Waals surface area (Å²) in [7, 11) is 0. The van der Waals surface area contributed by atoms with E-state index in [9.17, 15) is 4.79 Å². The van der Waals surface area contributed by atoms with Gasteiger partial charge in [0.15, 0.2) is 0 Å². The minimum absolute atomic E-state index is 0.217. The molecule has 0 bridgehead atoms. The average molecular weight is 231 g/mol. The van der Waals surface area contributed by atoms with E-state index in [0.29, 0.717) is 23.5 Å². The third-order valence-corrected chi connectivity index (χ3v) is 2.27. The highest BCUT2D eigenvalue weighted by Gasteiger charge is 2.07. The van der Waals surface area contributed by atoms with Crippen molar-refractivity contribution < 1.29 is 9.21 Å². The first kappa shape index (κ1) is 11.1. The van der Waals surface area contributed by atoms with E-state index < -0.39 is 0 Å². The Kier molecular flexibility index (Phi) is 3.00. The summed E-state index contributed by atoms with van der Waals surface area (Å²) in [6, 6.07) is 6.56. The zero-order valence-corrected chi connectivity index (χ0v) is 9.14. The lowest BCUT2D eigenvalue weighted by Gasteiger charge is -2.05. The van der Waals surface area contributed by atoms with Gasteiger partial charge in [-0.15, -0.1) is 0 Å². The summed E-state index contributed by atoms with van der Waals surface area (Å²) in [5.74, 6) is -0.217. The van der Waals surface area contributed by atoms with Gasteiger partial charge in [-0.1, -0.05) is 0 Å². The SMILES string of the molecule is Nc1cc(N)cc(C(=O)NCc2ccoc2)c1. The van der Waals surface area contributed by atoms with Crippen LogP contribution in [0.2, 0.25) is 0 Å². The molecular weight excluding hydrogens is 218 g/mol. The van der Waals surface area contributed by atoms with E-state index >= 15 is 0 Å². The fraction of sp³-hybridized carbons (Fsp3) is 0.0833. The maximum Gasteiger partial charge on any atom is 0.251 e. The van der Waals surface area contributed by atoms with Crippen molar-refractivity contribution in [2.45, 2.75) is 6.54 Å². The highest BCUT2D eigenvalue weighted by molar-refractivity contribution is 5.96. The number of amides is 1. The monoisotopic (exact) mass is 231 g/mol. The van der Waals surface area contributed by atoms with Gasteiger partial charge in [-0.2, -0.15) is 0 Å². The van der Waals surface area contributed by atoms with Crippen LogP contribution in [0.25, 0.3) is 0 Å².